The van der Waals surface area contributed by atoms with Gasteiger partial charge in [-0.2, -0.15) is 23.4 Å². The van der Waals surface area contributed by atoms with E-state index < -0.39 is 35.3 Å². The van der Waals surface area contributed by atoms with Crippen molar-refractivity contribution in [3.8, 4) is 22.7 Å². The quantitative estimate of drug-likeness (QED) is 0.199. The zero-order valence-corrected chi connectivity index (χ0v) is 28.7. The zero-order valence-electron chi connectivity index (χ0n) is 27.2. The summed E-state index contributed by atoms with van der Waals surface area (Å²) in [6, 6.07) is 18.5. The number of alkyl halides is 3. The molecular weight excluding hydrogens is 731 g/mol. The molecule has 1 fully saturated rings. The van der Waals surface area contributed by atoms with Crippen molar-refractivity contribution in [1.82, 2.24) is 29.5 Å². The van der Waals surface area contributed by atoms with Crippen LogP contribution < -0.4 is 21.5 Å². The van der Waals surface area contributed by atoms with Crippen LogP contribution in [0.5, 0.6) is 5.75 Å². The minimum Gasteiger partial charge on any atom is -0.490 e. The number of nitrogens with zero attached hydrogens (tertiary/aromatic N) is 5. The van der Waals surface area contributed by atoms with Crippen LogP contribution in [0.1, 0.15) is 57.4 Å². The Hall–Kier alpha value is -5.44. The first-order chi connectivity index (χ1) is 24.4. The number of carbonyl (C=O) groups is 2. The molecule has 1 aliphatic carbocycles. The van der Waals surface area contributed by atoms with Crippen molar-refractivity contribution in [3.63, 3.8) is 0 Å². The molecule has 3 heterocycles. The van der Waals surface area contributed by atoms with E-state index in [1.807, 2.05) is 24.3 Å². The van der Waals surface area contributed by atoms with E-state index in [-0.39, 0.29) is 47.2 Å². The number of aromatic nitrogens is 4. The van der Waals surface area contributed by atoms with Gasteiger partial charge in [-0.25, -0.2) is 4.79 Å². The molecule has 0 bridgehead atoms. The first-order valence-corrected chi connectivity index (χ1v) is 16.9. The normalized spacial score (nSPS) is 15.7. The molecule has 11 nitrogen and oxygen atoms in total. The van der Waals surface area contributed by atoms with Crippen LogP contribution in [0.25, 0.3) is 16.9 Å². The Balaban J connectivity index is 1.26. The molecule has 3 N–H and O–H groups in total. The predicted molar refractivity (Wildman–Crippen MR) is 185 cm³/mol. The molecule has 5 aromatic rings. The number of hydrogen-bond acceptors (Lipinski definition) is 7. The fourth-order valence-corrected chi connectivity index (χ4v) is 6.62. The summed E-state index contributed by atoms with van der Waals surface area (Å²) in [6.07, 6.45) is -1.17. The third-order valence-electron chi connectivity index (χ3n) is 8.87. The van der Waals surface area contributed by atoms with E-state index >= 15 is 0 Å². The molecule has 1 saturated carbocycles. The van der Waals surface area contributed by atoms with Crippen molar-refractivity contribution < 1.29 is 27.5 Å². The summed E-state index contributed by atoms with van der Waals surface area (Å²) in [5, 5.41) is 11.0. The van der Waals surface area contributed by atoms with Gasteiger partial charge in [-0.3, -0.25) is 18.7 Å². The van der Waals surface area contributed by atoms with Crippen LogP contribution in [-0.2, 0) is 25.8 Å². The van der Waals surface area contributed by atoms with Gasteiger partial charge in [-0.05, 0) is 73.9 Å². The van der Waals surface area contributed by atoms with Crippen molar-refractivity contribution in [1.29, 1.82) is 0 Å². The number of amides is 2. The molecule has 0 radical (unpaired) electrons. The first-order valence-electron chi connectivity index (χ1n) is 16.1. The SMILES string of the molecule is C[C@@H]1Cn2c(c(C(=O)NCc3ccccc3-c3cc(N)cnn3)n(-c3ccc(OC4CC4)cc3)c2=O)CN1C(=O)c1ccc(Br)c(C(F)(F)F)c1. The summed E-state index contributed by atoms with van der Waals surface area (Å²) in [5.41, 5.74) is 7.24. The van der Waals surface area contributed by atoms with E-state index in [9.17, 15) is 27.6 Å². The standard InChI is InChI=1S/C36H31BrF3N7O4/c1-20-18-46-31(19-45(20)34(49)21-6-13-29(37)28(14-21)36(38,39)40)32(47(35(46)50)24-7-9-25(10-8-24)51-26-11-12-26)33(48)42-16-22-4-2-3-5-27(22)30-15-23(41)17-43-44-30/h2-10,13-15,17,20,26H,11-12,16,18-19H2,1H3,(H2,41,44)(H,42,48)/t20-/m1/s1. The second-order valence-corrected chi connectivity index (χ2v) is 13.4. The summed E-state index contributed by atoms with van der Waals surface area (Å²) >= 11 is 2.92. The third-order valence-corrected chi connectivity index (χ3v) is 9.56. The van der Waals surface area contributed by atoms with Gasteiger partial charge in [0.1, 0.15) is 11.4 Å². The van der Waals surface area contributed by atoms with Crippen LogP contribution in [0.15, 0.2) is 88.3 Å². The molecule has 262 valence electrons. The van der Waals surface area contributed by atoms with Crippen LogP contribution in [0, 0.1) is 0 Å². The van der Waals surface area contributed by atoms with Crippen LogP contribution in [-0.4, -0.2) is 48.2 Å². The summed E-state index contributed by atoms with van der Waals surface area (Å²) < 4.78 is 49.6. The highest BCUT2D eigenvalue weighted by Gasteiger charge is 2.37. The number of nitrogens with one attached hydrogen (secondary N) is 1. The number of imidazole rings is 1. The Morgan fingerprint density at radius 2 is 1.80 bits per heavy atom. The van der Waals surface area contributed by atoms with E-state index in [0.29, 0.717) is 33.9 Å². The third kappa shape index (κ3) is 6.85. The lowest BCUT2D eigenvalue weighted by molar-refractivity contribution is -0.138. The summed E-state index contributed by atoms with van der Waals surface area (Å²) in [5.74, 6) is -0.640. The maximum absolute atomic E-state index is 14.3. The average molecular weight is 763 g/mol. The molecule has 2 aliphatic rings. The van der Waals surface area contributed by atoms with Crippen molar-refractivity contribution in [2.75, 3.05) is 5.73 Å². The highest BCUT2D eigenvalue weighted by Crippen LogP contribution is 2.36. The fraction of sp³-hybridized carbons (Fsp3) is 0.250. The molecule has 51 heavy (non-hydrogen) atoms. The number of halogens is 4. The summed E-state index contributed by atoms with van der Waals surface area (Å²) in [4.78, 5) is 43.5. The molecule has 2 aromatic heterocycles. The first kappa shape index (κ1) is 34.0. The lowest BCUT2D eigenvalue weighted by Crippen LogP contribution is -2.47. The van der Waals surface area contributed by atoms with Gasteiger partial charge in [0, 0.05) is 34.7 Å². The minimum absolute atomic E-state index is 0.00595. The van der Waals surface area contributed by atoms with Crippen molar-refractivity contribution in [3.05, 3.63) is 122 Å². The molecule has 1 aliphatic heterocycles. The van der Waals surface area contributed by atoms with E-state index in [1.54, 1.807) is 37.3 Å². The largest absolute Gasteiger partial charge is 0.490 e. The number of hydrogen-bond donors (Lipinski definition) is 2. The Labute approximate surface area is 298 Å². The van der Waals surface area contributed by atoms with Gasteiger partial charge in [0.05, 0.1) is 47.2 Å². The highest BCUT2D eigenvalue weighted by molar-refractivity contribution is 9.10. The van der Waals surface area contributed by atoms with E-state index in [4.69, 9.17) is 10.5 Å². The number of anilines is 1. The van der Waals surface area contributed by atoms with Crippen molar-refractivity contribution in [2.24, 2.45) is 0 Å². The topological polar surface area (TPSA) is 137 Å². The number of fused-ring (bicyclic) bond motifs is 1. The van der Waals surface area contributed by atoms with Gasteiger partial charge in [-0.1, -0.05) is 40.2 Å². The number of rotatable bonds is 8. The molecule has 7 rings (SSSR count). The second kappa shape index (κ2) is 13.4. The molecule has 0 spiro atoms. The maximum atomic E-state index is 14.3. The number of nitrogen functional groups attached to an aromatic ring is 1. The van der Waals surface area contributed by atoms with Crippen LogP contribution in [0.3, 0.4) is 0 Å². The Morgan fingerprint density at radius 3 is 2.51 bits per heavy atom. The molecule has 1 atom stereocenters. The maximum Gasteiger partial charge on any atom is 0.417 e. The minimum atomic E-state index is -4.69. The van der Waals surface area contributed by atoms with E-state index in [0.717, 1.165) is 18.9 Å². The molecular formula is C36H31BrF3N7O4. The monoisotopic (exact) mass is 761 g/mol. The molecule has 0 saturated heterocycles. The molecule has 3 aromatic carbocycles. The van der Waals surface area contributed by atoms with E-state index in [1.165, 1.54) is 32.4 Å². The van der Waals surface area contributed by atoms with Crippen LogP contribution in [0.4, 0.5) is 18.9 Å². The molecule has 15 heteroatoms. The number of benzene rings is 3. The van der Waals surface area contributed by atoms with Crippen LogP contribution in [0.2, 0.25) is 0 Å². The number of nitrogens with two attached hydrogens (primary N) is 1. The Morgan fingerprint density at radius 1 is 1.06 bits per heavy atom. The van der Waals surface area contributed by atoms with Gasteiger partial charge >= 0.3 is 11.9 Å². The second-order valence-electron chi connectivity index (χ2n) is 12.5. The number of ether oxygens (including phenoxy) is 1. The van der Waals surface area contributed by atoms with Crippen molar-refractivity contribution >= 4 is 33.4 Å². The zero-order chi connectivity index (χ0) is 36.0. The van der Waals surface area contributed by atoms with Gasteiger partial charge in [-0.15, -0.1) is 0 Å². The van der Waals surface area contributed by atoms with E-state index in [2.05, 4.69) is 31.4 Å². The Bertz CT molecular complexity index is 2210. The fourth-order valence-electron chi connectivity index (χ4n) is 6.15. The molecule has 0 unspecified atom stereocenters. The average Bonchev–Trinajstić information content (AvgIpc) is 3.88. The van der Waals surface area contributed by atoms with Gasteiger partial charge in [0.25, 0.3) is 11.8 Å². The molecule has 2 amide bonds. The summed E-state index contributed by atoms with van der Waals surface area (Å²) in [7, 11) is 0. The lowest BCUT2D eigenvalue weighted by Gasteiger charge is -2.34. The summed E-state index contributed by atoms with van der Waals surface area (Å²) in [6.45, 7) is 1.54. The van der Waals surface area contributed by atoms with Gasteiger partial charge in [0.15, 0.2) is 0 Å². The highest BCUT2D eigenvalue weighted by atomic mass is 79.9. The predicted octanol–water partition coefficient (Wildman–Crippen LogP) is 5.98. The number of carbonyl (C=O) groups excluding carboxylic acids is 2. The van der Waals surface area contributed by atoms with Gasteiger partial charge in [0.2, 0.25) is 0 Å². The smallest absolute Gasteiger partial charge is 0.417 e. The lowest BCUT2D eigenvalue weighted by atomic mass is 10.0. The van der Waals surface area contributed by atoms with Gasteiger partial charge < -0.3 is 20.7 Å². The van der Waals surface area contributed by atoms with Crippen LogP contribution >= 0.6 is 15.9 Å². The van der Waals surface area contributed by atoms with Crippen molar-refractivity contribution in [2.45, 2.75) is 57.7 Å². The Kier molecular flexibility index (Phi) is 8.91.